The summed E-state index contributed by atoms with van der Waals surface area (Å²) in [7, 11) is 0. The highest BCUT2D eigenvalue weighted by molar-refractivity contribution is 6.29. The largest absolute Gasteiger partial charge is 0.406 e. The van der Waals surface area contributed by atoms with Crippen LogP contribution in [0.2, 0.25) is 5.15 Å². The van der Waals surface area contributed by atoms with Gasteiger partial charge in [-0.2, -0.15) is 13.2 Å². The van der Waals surface area contributed by atoms with Crippen molar-refractivity contribution in [3.63, 3.8) is 0 Å². The van der Waals surface area contributed by atoms with Crippen LogP contribution >= 0.6 is 11.6 Å². The van der Waals surface area contributed by atoms with Gasteiger partial charge < -0.3 is 5.73 Å². The topological polar surface area (TPSA) is 51.8 Å². The quantitative estimate of drug-likeness (QED) is 0.874. The first-order valence-corrected chi connectivity index (χ1v) is 5.03. The van der Waals surface area contributed by atoms with Crippen molar-refractivity contribution < 1.29 is 13.2 Å². The number of nitrogens with two attached hydrogens (primary N) is 1. The van der Waals surface area contributed by atoms with E-state index in [1.54, 1.807) is 0 Å². The van der Waals surface area contributed by atoms with Crippen LogP contribution in [0.4, 0.5) is 13.2 Å². The molecule has 0 saturated heterocycles. The molecule has 1 aliphatic carbocycles. The van der Waals surface area contributed by atoms with Crippen molar-refractivity contribution in [3.05, 3.63) is 23.2 Å². The minimum absolute atomic E-state index is 0.0548. The average molecular weight is 252 g/mol. The van der Waals surface area contributed by atoms with Crippen molar-refractivity contribution in [1.82, 2.24) is 9.97 Å². The molecule has 1 aromatic heterocycles. The summed E-state index contributed by atoms with van der Waals surface area (Å²) < 4.78 is 37.4. The first kappa shape index (κ1) is 11.6. The van der Waals surface area contributed by atoms with Gasteiger partial charge in [-0.05, 0) is 18.8 Å². The molecule has 0 spiro atoms. The van der Waals surface area contributed by atoms with Crippen molar-refractivity contribution in [1.29, 1.82) is 0 Å². The Hall–Kier alpha value is -0.880. The normalized spacial score (nSPS) is 29.2. The Bertz CT molecular complexity index is 392. The number of hydrogen-bond acceptors (Lipinski definition) is 3. The highest BCUT2D eigenvalue weighted by Crippen LogP contribution is 2.53. The van der Waals surface area contributed by atoms with E-state index in [2.05, 4.69) is 9.97 Å². The fourth-order valence-corrected chi connectivity index (χ4v) is 1.74. The van der Waals surface area contributed by atoms with Gasteiger partial charge in [0.1, 0.15) is 10.7 Å². The fourth-order valence-electron chi connectivity index (χ4n) is 1.65. The molecule has 16 heavy (non-hydrogen) atoms. The molecule has 88 valence electrons. The number of alkyl halides is 3. The summed E-state index contributed by atoms with van der Waals surface area (Å²) in [4.78, 5) is 7.64. The molecule has 7 heteroatoms. The van der Waals surface area contributed by atoms with E-state index in [9.17, 15) is 13.2 Å². The molecule has 2 atom stereocenters. The molecule has 1 fully saturated rings. The fraction of sp³-hybridized carbons (Fsp3) is 0.556. The number of halogens is 4. The van der Waals surface area contributed by atoms with Gasteiger partial charge in [0.25, 0.3) is 0 Å². The van der Waals surface area contributed by atoms with Gasteiger partial charge in [-0.1, -0.05) is 11.6 Å². The lowest BCUT2D eigenvalue weighted by atomic mass is 10.1. The predicted octanol–water partition coefficient (Wildman–Crippen LogP) is 1.95. The Morgan fingerprint density at radius 3 is 2.56 bits per heavy atom. The minimum atomic E-state index is -4.35. The zero-order chi connectivity index (χ0) is 12.0. The van der Waals surface area contributed by atoms with E-state index in [0.717, 1.165) is 0 Å². The molecule has 2 rings (SSSR count). The van der Waals surface area contributed by atoms with E-state index in [0.29, 0.717) is 5.69 Å². The van der Waals surface area contributed by atoms with E-state index in [1.807, 2.05) is 0 Å². The highest BCUT2D eigenvalue weighted by Gasteiger charge is 2.67. The molecule has 1 saturated carbocycles. The molecule has 0 amide bonds. The van der Waals surface area contributed by atoms with Crippen molar-refractivity contribution >= 4 is 11.6 Å². The van der Waals surface area contributed by atoms with Gasteiger partial charge in [-0.3, -0.25) is 4.98 Å². The van der Waals surface area contributed by atoms with E-state index in [4.69, 9.17) is 17.3 Å². The third-order valence-corrected chi connectivity index (χ3v) is 3.00. The van der Waals surface area contributed by atoms with Crippen LogP contribution in [-0.4, -0.2) is 21.7 Å². The van der Waals surface area contributed by atoms with Gasteiger partial charge in [-0.15, -0.1) is 0 Å². The Labute approximate surface area is 94.8 Å². The smallest absolute Gasteiger partial charge is 0.317 e. The number of hydrogen-bond donors (Lipinski definition) is 1. The second kappa shape index (κ2) is 3.56. The summed E-state index contributed by atoms with van der Waals surface area (Å²) in [6.45, 7) is 0. The van der Waals surface area contributed by atoms with E-state index >= 15 is 0 Å². The summed E-state index contributed by atoms with van der Waals surface area (Å²) in [6.07, 6.45) is -1.54. The summed E-state index contributed by atoms with van der Waals surface area (Å²) in [5, 5.41) is 0.217. The first-order valence-electron chi connectivity index (χ1n) is 4.65. The number of rotatable bonds is 2. The molecule has 1 aromatic rings. The van der Waals surface area contributed by atoms with E-state index < -0.39 is 17.6 Å². The molecule has 2 N–H and O–H groups in total. The van der Waals surface area contributed by atoms with Crippen LogP contribution in [0, 0.1) is 5.92 Å². The standard InChI is InChI=1S/C9H9ClF3N3/c10-7-4-15-6(3-16-7)1-5-2-8(5,14)9(11,12)13/h3-5H,1-2,14H2. The Morgan fingerprint density at radius 2 is 2.12 bits per heavy atom. The SMILES string of the molecule is NC1(C(F)(F)F)CC1Cc1cnc(Cl)cn1. The van der Waals surface area contributed by atoms with Gasteiger partial charge in [-0.25, -0.2) is 4.98 Å². The van der Waals surface area contributed by atoms with Crippen LogP contribution < -0.4 is 5.73 Å². The molecule has 2 unspecified atom stereocenters. The van der Waals surface area contributed by atoms with Crippen LogP contribution in [0.25, 0.3) is 0 Å². The zero-order valence-corrected chi connectivity index (χ0v) is 8.89. The lowest BCUT2D eigenvalue weighted by molar-refractivity contribution is -0.160. The summed E-state index contributed by atoms with van der Waals surface area (Å²) in [5.74, 6) is -0.608. The van der Waals surface area contributed by atoms with Gasteiger partial charge in [0.05, 0.1) is 18.1 Å². The Kier molecular flexibility index (Phi) is 2.58. The van der Waals surface area contributed by atoms with Crippen LogP contribution in [0.3, 0.4) is 0 Å². The highest BCUT2D eigenvalue weighted by atomic mass is 35.5. The van der Waals surface area contributed by atoms with Crippen LogP contribution in [0.15, 0.2) is 12.4 Å². The predicted molar refractivity (Wildman–Crippen MR) is 51.8 cm³/mol. The first-order chi connectivity index (χ1) is 7.33. The average Bonchev–Trinajstić information content (AvgIpc) is 2.82. The number of nitrogens with zero attached hydrogens (tertiary/aromatic N) is 2. The summed E-state index contributed by atoms with van der Waals surface area (Å²) >= 11 is 5.51. The second-order valence-electron chi connectivity index (χ2n) is 3.97. The van der Waals surface area contributed by atoms with Crippen LogP contribution in [-0.2, 0) is 6.42 Å². The van der Waals surface area contributed by atoms with Crippen molar-refractivity contribution in [2.45, 2.75) is 24.6 Å². The minimum Gasteiger partial charge on any atom is -0.317 e. The van der Waals surface area contributed by atoms with Gasteiger partial charge in [0.15, 0.2) is 0 Å². The third kappa shape index (κ3) is 1.99. The maximum Gasteiger partial charge on any atom is 0.406 e. The summed E-state index contributed by atoms with van der Waals surface area (Å²) in [5.41, 5.74) is 3.68. The van der Waals surface area contributed by atoms with Crippen molar-refractivity contribution in [2.75, 3.05) is 0 Å². The van der Waals surface area contributed by atoms with Crippen LogP contribution in [0.5, 0.6) is 0 Å². The third-order valence-electron chi connectivity index (χ3n) is 2.81. The molecule has 1 heterocycles. The van der Waals surface area contributed by atoms with Gasteiger partial charge >= 0.3 is 6.18 Å². The molecule has 1 aliphatic rings. The van der Waals surface area contributed by atoms with E-state index in [-0.39, 0.29) is 18.0 Å². The lowest BCUT2D eigenvalue weighted by Gasteiger charge is -2.15. The Balaban J connectivity index is 2.02. The van der Waals surface area contributed by atoms with Crippen molar-refractivity contribution in [3.8, 4) is 0 Å². The van der Waals surface area contributed by atoms with Gasteiger partial charge in [0, 0.05) is 0 Å². The molecule has 0 aromatic carbocycles. The van der Waals surface area contributed by atoms with E-state index in [1.165, 1.54) is 12.4 Å². The Morgan fingerprint density at radius 1 is 1.44 bits per heavy atom. The molecule has 0 radical (unpaired) electrons. The summed E-state index contributed by atoms with van der Waals surface area (Å²) in [6, 6.07) is 0. The van der Waals surface area contributed by atoms with Crippen LogP contribution in [0.1, 0.15) is 12.1 Å². The molecule has 3 nitrogen and oxygen atoms in total. The molecule has 0 aliphatic heterocycles. The molecular weight excluding hydrogens is 243 g/mol. The maximum absolute atomic E-state index is 12.5. The molecular formula is C9H9ClF3N3. The lowest BCUT2D eigenvalue weighted by Crippen LogP contribution is -2.42. The number of aromatic nitrogens is 2. The maximum atomic E-state index is 12.5. The second-order valence-corrected chi connectivity index (χ2v) is 4.36. The monoisotopic (exact) mass is 251 g/mol. The van der Waals surface area contributed by atoms with Gasteiger partial charge in [0.2, 0.25) is 0 Å². The zero-order valence-electron chi connectivity index (χ0n) is 8.13. The molecule has 0 bridgehead atoms. The van der Waals surface area contributed by atoms with Crippen molar-refractivity contribution in [2.24, 2.45) is 11.7 Å².